The first-order chi connectivity index (χ1) is 12.2. The van der Waals surface area contributed by atoms with E-state index in [0.717, 1.165) is 16.9 Å². The molecule has 0 bridgehead atoms. The Morgan fingerprint density at radius 2 is 2.08 bits per heavy atom. The van der Waals surface area contributed by atoms with E-state index in [1.165, 1.54) is 0 Å². The number of hydrogen-bond donors (Lipinski definition) is 1. The Bertz CT molecular complexity index is 831. The van der Waals surface area contributed by atoms with Crippen molar-refractivity contribution in [3.05, 3.63) is 72.4 Å². The van der Waals surface area contributed by atoms with E-state index in [-0.39, 0.29) is 5.91 Å². The lowest BCUT2D eigenvalue weighted by molar-refractivity contribution is -0.121. The number of para-hydroxylation sites is 1. The second-order valence-corrected chi connectivity index (χ2v) is 5.66. The zero-order chi connectivity index (χ0) is 17.5. The molecule has 25 heavy (non-hydrogen) atoms. The van der Waals surface area contributed by atoms with E-state index in [4.69, 9.17) is 4.74 Å². The second kappa shape index (κ2) is 8.10. The molecule has 6 heteroatoms. The molecule has 1 amide bonds. The first-order valence-corrected chi connectivity index (χ1v) is 8.12. The molecule has 0 aliphatic heterocycles. The van der Waals surface area contributed by atoms with Crippen LogP contribution in [0.2, 0.25) is 0 Å². The highest BCUT2D eigenvalue weighted by atomic mass is 16.5. The third-order valence-corrected chi connectivity index (χ3v) is 3.78. The van der Waals surface area contributed by atoms with Crippen LogP contribution in [0.3, 0.4) is 0 Å². The summed E-state index contributed by atoms with van der Waals surface area (Å²) in [5.41, 5.74) is 1.87. The Kier molecular flexibility index (Phi) is 5.41. The number of aryl methyl sites for hydroxylation is 2. The summed E-state index contributed by atoms with van der Waals surface area (Å²) in [6.07, 6.45) is 7.30. The summed E-state index contributed by atoms with van der Waals surface area (Å²) >= 11 is 0. The van der Waals surface area contributed by atoms with Crippen LogP contribution in [-0.2, 0) is 17.9 Å². The second-order valence-electron chi connectivity index (χ2n) is 5.66. The molecule has 0 radical (unpaired) electrons. The van der Waals surface area contributed by atoms with Gasteiger partial charge in [-0.1, -0.05) is 24.3 Å². The number of nitrogens with zero attached hydrogens (tertiary/aromatic N) is 3. The lowest BCUT2D eigenvalue weighted by atomic mass is 10.2. The van der Waals surface area contributed by atoms with Crippen LogP contribution in [0.1, 0.15) is 17.5 Å². The number of pyridine rings is 1. The van der Waals surface area contributed by atoms with Crippen LogP contribution in [-0.4, -0.2) is 20.4 Å². The fourth-order valence-electron chi connectivity index (χ4n) is 2.36. The minimum absolute atomic E-state index is 0.0283. The van der Waals surface area contributed by atoms with Crippen LogP contribution in [0.15, 0.2) is 61.3 Å². The summed E-state index contributed by atoms with van der Waals surface area (Å²) in [5, 5.41) is 2.91. The fraction of sp³-hybridized carbons (Fsp3) is 0.211. The van der Waals surface area contributed by atoms with E-state index in [2.05, 4.69) is 15.3 Å². The van der Waals surface area contributed by atoms with Crippen molar-refractivity contribution < 1.29 is 9.53 Å². The maximum absolute atomic E-state index is 12.0. The molecular weight excluding hydrogens is 316 g/mol. The Labute approximate surface area is 146 Å². The van der Waals surface area contributed by atoms with Gasteiger partial charge in [-0.2, -0.15) is 0 Å². The maximum Gasteiger partial charge on any atom is 0.224 e. The molecule has 0 fully saturated rings. The molecule has 0 saturated carbocycles. The number of amides is 1. The number of benzene rings is 1. The van der Waals surface area contributed by atoms with Gasteiger partial charge in [0.15, 0.2) is 0 Å². The summed E-state index contributed by atoms with van der Waals surface area (Å²) in [5.74, 6) is 1.24. The molecule has 1 aromatic carbocycles. The Balaban J connectivity index is 1.59. The van der Waals surface area contributed by atoms with Crippen LogP contribution in [0.25, 0.3) is 0 Å². The highest BCUT2D eigenvalue weighted by molar-refractivity contribution is 5.75. The van der Waals surface area contributed by atoms with Gasteiger partial charge in [0.1, 0.15) is 5.75 Å². The van der Waals surface area contributed by atoms with Crippen molar-refractivity contribution in [2.24, 2.45) is 0 Å². The van der Waals surface area contributed by atoms with Crippen molar-refractivity contribution in [2.45, 2.75) is 26.4 Å². The van der Waals surface area contributed by atoms with Gasteiger partial charge in [-0.3, -0.25) is 4.79 Å². The topological polar surface area (TPSA) is 69.0 Å². The normalized spacial score (nSPS) is 10.4. The van der Waals surface area contributed by atoms with Crippen LogP contribution in [0.4, 0.5) is 0 Å². The largest absolute Gasteiger partial charge is 0.438 e. The van der Waals surface area contributed by atoms with Gasteiger partial charge >= 0.3 is 0 Å². The van der Waals surface area contributed by atoms with Gasteiger partial charge in [0.05, 0.1) is 6.33 Å². The summed E-state index contributed by atoms with van der Waals surface area (Å²) in [6, 6.07) is 11.5. The first-order valence-electron chi connectivity index (χ1n) is 8.12. The predicted molar refractivity (Wildman–Crippen MR) is 94.2 cm³/mol. The van der Waals surface area contributed by atoms with Gasteiger partial charge in [-0.05, 0) is 24.6 Å². The minimum Gasteiger partial charge on any atom is -0.438 e. The first kappa shape index (κ1) is 16.7. The van der Waals surface area contributed by atoms with Gasteiger partial charge in [0.25, 0.3) is 0 Å². The number of aromatic nitrogens is 3. The minimum atomic E-state index is -0.0283. The summed E-state index contributed by atoms with van der Waals surface area (Å²) < 4.78 is 7.79. The highest BCUT2D eigenvalue weighted by Crippen LogP contribution is 2.25. The van der Waals surface area contributed by atoms with Gasteiger partial charge in [-0.15, -0.1) is 0 Å². The number of carbonyl (C=O) groups is 1. The van der Waals surface area contributed by atoms with Crippen molar-refractivity contribution in [2.75, 3.05) is 0 Å². The zero-order valence-corrected chi connectivity index (χ0v) is 14.1. The van der Waals surface area contributed by atoms with E-state index in [1.54, 1.807) is 18.7 Å². The third kappa shape index (κ3) is 4.67. The molecule has 0 unspecified atom stereocenters. The van der Waals surface area contributed by atoms with E-state index in [1.807, 2.05) is 54.1 Å². The molecule has 0 atom stereocenters. The van der Waals surface area contributed by atoms with Crippen molar-refractivity contribution in [3.8, 4) is 11.6 Å². The van der Waals surface area contributed by atoms with Crippen LogP contribution in [0.5, 0.6) is 11.6 Å². The Hall–Kier alpha value is -3.15. The third-order valence-electron chi connectivity index (χ3n) is 3.78. The summed E-state index contributed by atoms with van der Waals surface area (Å²) in [4.78, 5) is 20.3. The van der Waals surface area contributed by atoms with Crippen molar-refractivity contribution in [1.29, 1.82) is 0 Å². The summed E-state index contributed by atoms with van der Waals surface area (Å²) in [6.45, 7) is 2.96. The van der Waals surface area contributed by atoms with Gasteiger partial charge in [-0.25, -0.2) is 9.97 Å². The van der Waals surface area contributed by atoms with Crippen molar-refractivity contribution in [3.63, 3.8) is 0 Å². The van der Waals surface area contributed by atoms with E-state index in [9.17, 15) is 4.79 Å². The molecule has 0 spiro atoms. The molecule has 2 heterocycles. The molecular formula is C19H20N4O2. The molecule has 6 nitrogen and oxygen atoms in total. The number of imidazole rings is 1. The van der Waals surface area contributed by atoms with E-state index in [0.29, 0.717) is 25.4 Å². The molecule has 3 aromatic rings. The Morgan fingerprint density at radius 3 is 2.88 bits per heavy atom. The van der Waals surface area contributed by atoms with Gasteiger partial charge in [0.2, 0.25) is 11.8 Å². The van der Waals surface area contributed by atoms with Crippen LogP contribution >= 0.6 is 0 Å². The molecule has 3 rings (SSSR count). The fourth-order valence-corrected chi connectivity index (χ4v) is 2.36. The number of carbonyl (C=O) groups excluding carboxylic acids is 1. The number of ether oxygens (including phenoxy) is 1. The zero-order valence-electron chi connectivity index (χ0n) is 14.1. The van der Waals surface area contributed by atoms with Crippen molar-refractivity contribution in [1.82, 2.24) is 19.9 Å². The van der Waals surface area contributed by atoms with Gasteiger partial charge in [0, 0.05) is 43.7 Å². The van der Waals surface area contributed by atoms with Crippen LogP contribution in [0, 0.1) is 6.92 Å². The van der Waals surface area contributed by atoms with Crippen LogP contribution < -0.4 is 10.1 Å². The van der Waals surface area contributed by atoms with E-state index >= 15 is 0 Å². The molecule has 0 saturated heterocycles. The quantitative estimate of drug-likeness (QED) is 0.720. The number of hydrogen-bond acceptors (Lipinski definition) is 4. The average molecular weight is 336 g/mol. The number of nitrogens with one attached hydrogen (secondary N) is 1. The SMILES string of the molecule is Cc1ccccc1Oc1ncccc1CNC(=O)CCn1ccnc1. The molecule has 2 aromatic heterocycles. The monoisotopic (exact) mass is 336 g/mol. The lowest BCUT2D eigenvalue weighted by Crippen LogP contribution is -2.24. The van der Waals surface area contributed by atoms with Gasteiger partial charge < -0.3 is 14.6 Å². The molecule has 0 aliphatic rings. The highest BCUT2D eigenvalue weighted by Gasteiger charge is 2.09. The lowest BCUT2D eigenvalue weighted by Gasteiger charge is -2.12. The Morgan fingerprint density at radius 1 is 1.20 bits per heavy atom. The summed E-state index contributed by atoms with van der Waals surface area (Å²) in [7, 11) is 0. The molecule has 0 aliphatic carbocycles. The smallest absolute Gasteiger partial charge is 0.224 e. The number of rotatable bonds is 7. The van der Waals surface area contributed by atoms with E-state index < -0.39 is 0 Å². The molecule has 128 valence electrons. The predicted octanol–water partition coefficient (Wildman–Crippen LogP) is 3.09. The average Bonchev–Trinajstić information content (AvgIpc) is 3.15. The van der Waals surface area contributed by atoms with Crippen molar-refractivity contribution >= 4 is 5.91 Å². The standard InChI is InChI=1S/C19H20N4O2/c1-15-5-2-3-7-17(15)25-19-16(6-4-9-21-19)13-22-18(24)8-11-23-12-10-20-14-23/h2-7,9-10,12,14H,8,11,13H2,1H3,(H,22,24). The maximum atomic E-state index is 12.0. The molecule has 1 N–H and O–H groups in total.